The van der Waals surface area contributed by atoms with E-state index in [2.05, 4.69) is 10.1 Å². The molecule has 2 rings (SSSR count). The molecule has 0 amide bonds. The van der Waals surface area contributed by atoms with Crippen LogP contribution in [0.1, 0.15) is 37.9 Å². The summed E-state index contributed by atoms with van der Waals surface area (Å²) in [5, 5.41) is 3.95. The quantitative estimate of drug-likeness (QED) is 0.828. The number of nitrogens with two attached hydrogens (primary N) is 1. The fraction of sp³-hybridized carbons (Fsp3) is 0.429. The van der Waals surface area contributed by atoms with Gasteiger partial charge in [0.15, 0.2) is 5.82 Å². The summed E-state index contributed by atoms with van der Waals surface area (Å²) in [6.07, 6.45) is 0.857. The normalized spacial score (nSPS) is 14.2. The van der Waals surface area contributed by atoms with Crippen molar-refractivity contribution in [3.8, 4) is 0 Å². The number of benzene rings is 1. The molecule has 0 spiro atoms. The minimum atomic E-state index is -0.244. The molecule has 0 saturated heterocycles. The van der Waals surface area contributed by atoms with Crippen molar-refractivity contribution < 1.29 is 8.91 Å². The first kappa shape index (κ1) is 15.0. The first-order valence-electron chi connectivity index (χ1n) is 6.56. The van der Waals surface area contributed by atoms with Crippen molar-refractivity contribution in [3.05, 3.63) is 41.8 Å². The molecule has 6 heteroatoms. The predicted octanol–water partition coefficient (Wildman–Crippen LogP) is 3.34. The number of thioether (sulfide) groups is 1. The van der Waals surface area contributed by atoms with Gasteiger partial charge in [-0.3, -0.25) is 0 Å². The van der Waals surface area contributed by atoms with Crippen molar-refractivity contribution in [2.24, 2.45) is 5.73 Å². The SMILES string of the molecule is CCC(c1nc(CSc2cccc(F)c2)no1)C(C)N. The van der Waals surface area contributed by atoms with E-state index in [4.69, 9.17) is 10.3 Å². The zero-order valence-electron chi connectivity index (χ0n) is 11.5. The van der Waals surface area contributed by atoms with Gasteiger partial charge in [-0.25, -0.2) is 4.39 Å². The highest BCUT2D eigenvalue weighted by Gasteiger charge is 2.20. The lowest BCUT2D eigenvalue weighted by Gasteiger charge is -2.13. The number of halogens is 1. The fourth-order valence-electron chi connectivity index (χ4n) is 1.95. The van der Waals surface area contributed by atoms with Crippen LogP contribution in [0.3, 0.4) is 0 Å². The summed E-state index contributed by atoms with van der Waals surface area (Å²) in [6, 6.07) is 6.42. The van der Waals surface area contributed by atoms with Gasteiger partial charge in [0, 0.05) is 10.9 Å². The van der Waals surface area contributed by atoms with E-state index < -0.39 is 0 Å². The molecule has 2 atom stereocenters. The molecule has 2 aromatic rings. The van der Waals surface area contributed by atoms with Gasteiger partial charge in [-0.15, -0.1) is 11.8 Å². The van der Waals surface area contributed by atoms with Crippen LogP contribution >= 0.6 is 11.8 Å². The van der Waals surface area contributed by atoms with E-state index in [0.717, 1.165) is 11.3 Å². The first-order chi connectivity index (χ1) is 9.60. The number of aromatic nitrogens is 2. The zero-order chi connectivity index (χ0) is 14.5. The lowest BCUT2D eigenvalue weighted by atomic mass is 9.99. The molecule has 4 nitrogen and oxygen atoms in total. The Bertz CT molecular complexity index is 559. The van der Waals surface area contributed by atoms with Gasteiger partial charge in [0.05, 0.1) is 11.7 Å². The highest BCUT2D eigenvalue weighted by molar-refractivity contribution is 7.98. The summed E-state index contributed by atoms with van der Waals surface area (Å²) in [6.45, 7) is 3.97. The van der Waals surface area contributed by atoms with E-state index in [1.165, 1.54) is 23.9 Å². The summed E-state index contributed by atoms with van der Waals surface area (Å²) >= 11 is 1.47. The Morgan fingerprint density at radius 3 is 2.90 bits per heavy atom. The molecule has 2 N–H and O–H groups in total. The maximum atomic E-state index is 13.1. The second-order valence-electron chi connectivity index (χ2n) is 4.67. The van der Waals surface area contributed by atoms with Gasteiger partial charge >= 0.3 is 0 Å². The molecule has 0 aliphatic rings. The maximum Gasteiger partial charge on any atom is 0.231 e. The monoisotopic (exact) mass is 295 g/mol. The molecule has 0 bridgehead atoms. The lowest BCUT2D eigenvalue weighted by molar-refractivity contribution is 0.331. The van der Waals surface area contributed by atoms with E-state index in [1.54, 1.807) is 6.07 Å². The van der Waals surface area contributed by atoms with Crippen molar-refractivity contribution in [2.45, 2.75) is 42.9 Å². The van der Waals surface area contributed by atoms with Crippen molar-refractivity contribution in [1.82, 2.24) is 10.1 Å². The molecule has 1 aromatic carbocycles. The minimum absolute atomic E-state index is 0.0239. The van der Waals surface area contributed by atoms with E-state index >= 15 is 0 Å². The van der Waals surface area contributed by atoms with Crippen molar-refractivity contribution in [2.75, 3.05) is 0 Å². The van der Waals surface area contributed by atoms with Crippen LogP contribution < -0.4 is 5.73 Å². The van der Waals surface area contributed by atoms with Gasteiger partial charge in [-0.2, -0.15) is 4.98 Å². The Morgan fingerprint density at radius 1 is 1.45 bits per heavy atom. The van der Waals surface area contributed by atoms with Crippen molar-refractivity contribution in [1.29, 1.82) is 0 Å². The molecule has 1 aromatic heterocycles. The van der Waals surface area contributed by atoms with E-state index in [0.29, 0.717) is 17.5 Å². The molecule has 20 heavy (non-hydrogen) atoms. The van der Waals surface area contributed by atoms with E-state index in [1.807, 2.05) is 19.9 Å². The Hall–Kier alpha value is -1.40. The third-order valence-electron chi connectivity index (χ3n) is 3.04. The standard InChI is InChI=1S/C14H18FN3OS/c1-3-12(9(2)16)14-17-13(18-19-14)8-20-11-6-4-5-10(15)7-11/h4-7,9,12H,3,8,16H2,1-2H3. The average Bonchev–Trinajstić information content (AvgIpc) is 2.85. The number of hydrogen-bond acceptors (Lipinski definition) is 5. The smallest absolute Gasteiger partial charge is 0.231 e. The van der Waals surface area contributed by atoms with Gasteiger partial charge in [0.1, 0.15) is 5.82 Å². The molecule has 0 aliphatic carbocycles. The predicted molar refractivity (Wildman–Crippen MR) is 76.9 cm³/mol. The second kappa shape index (κ2) is 6.85. The number of rotatable bonds is 6. The van der Waals surface area contributed by atoms with Crippen LogP contribution in [0.4, 0.5) is 4.39 Å². The van der Waals surface area contributed by atoms with Crippen LogP contribution in [-0.4, -0.2) is 16.2 Å². The third-order valence-corrected chi connectivity index (χ3v) is 4.03. The Labute approximate surface area is 121 Å². The van der Waals surface area contributed by atoms with Crippen LogP contribution in [0.2, 0.25) is 0 Å². The van der Waals surface area contributed by atoms with E-state index in [9.17, 15) is 4.39 Å². The van der Waals surface area contributed by atoms with Gasteiger partial charge in [-0.05, 0) is 31.5 Å². The van der Waals surface area contributed by atoms with E-state index in [-0.39, 0.29) is 17.8 Å². The summed E-state index contributed by atoms with van der Waals surface area (Å²) in [7, 11) is 0. The maximum absolute atomic E-state index is 13.1. The molecular weight excluding hydrogens is 277 g/mol. The third kappa shape index (κ3) is 3.80. The molecule has 0 saturated carbocycles. The van der Waals surface area contributed by atoms with Crippen LogP contribution in [0.25, 0.3) is 0 Å². The van der Waals surface area contributed by atoms with Gasteiger partial charge in [0.25, 0.3) is 0 Å². The first-order valence-corrected chi connectivity index (χ1v) is 7.55. The van der Waals surface area contributed by atoms with Crippen molar-refractivity contribution >= 4 is 11.8 Å². The molecular formula is C14H18FN3OS. The largest absolute Gasteiger partial charge is 0.339 e. The highest BCUT2D eigenvalue weighted by atomic mass is 32.2. The number of hydrogen-bond donors (Lipinski definition) is 1. The van der Waals surface area contributed by atoms with Gasteiger partial charge < -0.3 is 10.3 Å². The second-order valence-corrected chi connectivity index (χ2v) is 5.72. The Kier molecular flexibility index (Phi) is 5.14. The highest BCUT2D eigenvalue weighted by Crippen LogP contribution is 2.24. The van der Waals surface area contributed by atoms with Gasteiger partial charge in [-0.1, -0.05) is 18.1 Å². The molecule has 108 valence electrons. The minimum Gasteiger partial charge on any atom is -0.339 e. The zero-order valence-corrected chi connectivity index (χ0v) is 12.4. The molecule has 0 radical (unpaired) electrons. The molecule has 1 heterocycles. The summed E-state index contributed by atoms with van der Waals surface area (Å²) in [5.74, 6) is 1.57. The molecule has 0 fully saturated rings. The van der Waals surface area contributed by atoms with Crippen LogP contribution in [0, 0.1) is 5.82 Å². The fourth-order valence-corrected chi connectivity index (χ4v) is 2.74. The summed E-state index contributed by atoms with van der Waals surface area (Å²) in [4.78, 5) is 5.21. The summed E-state index contributed by atoms with van der Waals surface area (Å²) < 4.78 is 18.3. The topological polar surface area (TPSA) is 64.9 Å². The number of nitrogens with zero attached hydrogens (tertiary/aromatic N) is 2. The van der Waals surface area contributed by atoms with Crippen molar-refractivity contribution in [3.63, 3.8) is 0 Å². The Morgan fingerprint density at radius 2 is 2.25 bits per heavy atom. The van der Waals surface area contributed by atoms with Crippen LogP contribution in [-0.2, 0) is 5.75 Å². The average molecular weight is 295 g/mol. The lowest BCUT2D eigenvalue weighted by Crippen LogP contribution is -2.24. The van der Waals surface area contributed by atoms with Crippen LogP contribution in [0.15, 0.2) is 33.7 Å². The van der Waals surface area contributed by atoms with Gasteiger partial charge in [0.2, 0.25) is 5.89 Å². The van der Waals surface area contributed by atoms with Crippen LogP contribution in [0.5, 0.6) is 0 Å². The molecule has 0 aliphatic heterocycles. The Balaban J connectivity index is 1.99. The summed E-state index contributed by atoms with van der Waals surface area (Å²) in [5.41, 5.74) is 5.90. The molecule has 2 unspecified atom stereocenters.